The van der Waals surface area contributed by atoms with Gasteiger partial charge in [-0.25, -0.2) is 4.98 Å². The summed E-state index contributed by atoms with van der Waals surface area (Å²) in [5, 5.41) is 3.34. The number of nitrogens with one attached hydrogen (secondary N) is 1. The Morgan fingerprint density at radius 1 is 1.47 bits per heavy atom. The zero-order chi connectivity index (χ0) is 12.9. The molecule has 4 nitrogen and oxygen atoms in total. The van der Waals surface area contributed by atoms with Gasteiger partial charge in [-0.2, -0.15) is 0 Å². The van der Waals surface area contributed by atoms with Crippen LogP contribution >= 0.6 is 0 Å². The third-order valence-corrected chi connectivity index (χ3v) is 2.29. The molecule has 0 saturated heterocycles. The lowest BCUT2D eigenvalue weighted by molar-refractivity contribution is -0.0228. The van der Waals surface area contributed by atoms with E-state index in [4.69, 9.17) is 9.15 Å². The Balaban J connectivity index is 2.47. The molecule has 0 spiro atoms. The van der Waals surface area contributed by atoms with Crippen LogP contribution in [-0.4, -0.2) is 17.1 Å². The summed E-state index contributed by atoms with van der Waals surface area (Å²) in [5.41, 5.74) is -0.154. The highest BCUT2D eigenvalue weighted by Gasteiger charge is 2.14. The van der Waals surface area contributed by atoms with E-state index >= 15 is 0 Å². The van der Waals surface area contributed by atoms with E-state index in [1.54, 1.807) is 6.20 Å². The molecule has 17 heavy (non-hydrogen) atoms. The molecule has 1 aromatic rings. The summed E-state index contributed by atoms with van der Waals surface area (Å²) in [6.07, 6.45) is 2.84. The number of rotatable bonds is 6. The predicted octanol–water partition coefficient (Wildman–Crippen LogP) is 3.05. The average Bonchev–Trinajstić information content (AvgIpc) is 2.70. The molecule has 0 amide bonds. The first-order valence-corrected chi connectivity index (χ1v) is 6.24. The van der Waals surface area contributed by atoms with Gasteiger partial charge in [0.15, 0.2) is 0 Å². The second kappa shape index (κ2) is 6.17. The van der Waals surface area contributed by atoms with Gasteiger partial charge in [-0.05, 0) is 40.7 Å². The zero-order valence-corrected chi connectivity index (χ0v) is 11.5. The molecule has 1 atom stereocenters. The van der Waals surface area contributed by atoms with Crippen molar-refractivity contribution in [1.29, 1.82) is 0 Å². The van der Waals surface area contributed by atoms with Gasteiger partial charge in [0.25, 0.3) is 0 Å². The highest BCUT2D eigenvalue weighted by atomic mass is 16.5. The minimum atomic E-state index is -0.154. The minimum Gasteiger partial charge on any atom is -0.442 e. The quantitative estimate of drug-likeness (QED) is 0.830. The summed E-state index contributed by atoms with van der Waals surface area (Å²) in [7, 11) is 0. The highest BCUT2D eigenvalue weighted by Crippen LogP contribution is 2.16. The van der Waals surface area contributed by atoms with Crippen molar-refractivity contribution in [2.24, 2.45) is 0 Å². The van der Waals surface area contributed by atoms with Crippen LogP contribution in [0.25, 0.3) is 0 Å². The lowest BCUT2D eigenvalue weighted by Crippen LogP contribution is -2.19. The normalized spacial score (nSPS) is 13.9. The predicted molar refractivity (Wildman–Crippen MR) is 67.8 cm³/mol. The number of hydrogen-bond acceptors (Lipinski definition) is 4. The number of aromatic nitrogens is 1. The monoisotopic (exact) mass is 240 g/mol. The maximum atomic E-state index is 5.64. The van der Waals surface area contributed by atoms with Gasteiger partial charge in [0.1, 0.15) is 12.4 Å². The fourth-order valence-corrected chi connectivity index (χ4v) is 1.33. The van der Waals surface area contributed by atoms with Crippen LogP contribution in [0.2, 0.25) is 0 Å². The number of ether oxygens (including phenoxy) is 1. The van der Waals surface area contributed by atoms with Crippen LogP contribution < -0.4 is 5.32 Å². The largest absolute Gasteiger partial charge is 0.442 e. The van der Waals surface area contributed by atoms with Gasteiger partial charge in [0, 0.05) is 0 Å². The third kappa shape index (κ3) is 5.33. The lowest BCUT2D eigenvalue weighted by atomic mass is 10.2. The summed E-state index contributed by atoms with van der Waals surface area (Å²) in [4.78, 5) is 4.26. The molecule has 1 rings (SSSR count). The van der Waals surface area contributed by atoms with Crippen LogP contribution in [0.5, 0.6) is 0 Å². The second-order valence-electron chi connectivity index (χ2n) is 5.24. The van der Waals surface area contributed by atoms with E-state index < -0.39 is 0 Å². The van der Waals surface area contributed by atoms with Crippen molar-refractivity contribution in [3.8, 4) is 0 Å². The number of hydrogen-bond donors (Lipinski definition) is 1. The molecule has 1 N–H and O–H groups in total. The summed E-state index contributed by atoms with van der Waals surface area (Å²) in [6, 6.07) is 0.151. The van der Waals surface area contributed by atoms with Crippen molar-refractivity contribution in [1.82, 2.24) is 10.3 Å². The van der Waals surface area contributed by atoms with Gasteiger partial charge in [-0.1, -0.05) is 6.92 Å². The molecule has 1 unspecified atom stereocenters. The molecular formula is C13H24N2O2. The van der Waals surface area contributed by atoms with Crippen molar-refractivity contribution >= 4 is 0 Å². The van der Waals surface area contributed by atoms with E-state index in [0.29, 0.717) is 6.61 Å². The van der Waals surface area contributed by atoms with Crippen LogP contribution in [0.15, 0.2) is 10.6 Å². The molecule has 0 aliphatic carbocycles. The van der Waals surface area contributed by atoms with Gasteiger partial charge in [-0.3, -0.25) is 0 Å². The van der Waals surface area contributed by atoms with Crippen LogP contribution in [0, 0.1) is 0 Å². The lowest BCUT2D eigenvalue weighted by Gasteiger charge is -2.18. The maximum Gasteiger partial charge on any atom is 0.211 e. The minimum absolute atomic E-state index is 0.151. The number of oxazole rings is 1. The van der Waals surface area contributed by atoms with E-state index in [9.17, 15) is 0 Å². The zero-order valence-electron chi connectivity index (χ0n) is 11.5. The van der Waals surface area contributed by atoms with Crippen molar-refractivity contribution < 1.29 is 9.15 Å². The molecule has 1 aromatic heterocycles. The van der Waals surface area contributed by atoms with E-state index in [2.05, 4.69) is 24.1 Å². The van der Waals surface area contributed by atoms with Crippen LogP contribution in [0.3, 0.4) is 0 Å². The van der Waals surface area contributed by atoms with Crippen molar-refractivity contribution in [2.75, 3.05) is 6.54 Å². The van der Waals surface area contributed by atoms with E-state index in [0.717, 1.165) is 24.6 Å². The van der Waals surface area contributed by atoms with Crippen LogP contribution in [-0.2, 0) is 11.3 Å². The molecule has 0 aliphatic heterocycles. The van der Waals surface area contributed by atoms with Crippen molar-refractivity contribution in [3.05, 3.63) is 17.8 Å². The molecule has 0 bridgehead atoms. The topological polar surface area (TPSA) is 47.3 Å². The van der Waals surface area contributed by atoms with Gasteiger partial charge >= 0.3 is 0 Å². The Morgan fingerprint density at radius 2 is 2.18 bits per heavy atom. The first-order valence-electron chi connectivity index (χ1n) is 6.24. The Kier molecular flexibility index (Phi) is 5.15. The van der Waals surface area contributed by atoms with E-state index in [-0.39, 0.29) is 11.6 Å². The number of nitrogens with zero attached hydrogens (tertiary/aromatic N) is 1. The van der Waals surface area contributed by atoms with Crippen molar-refractivity contribution in [2.45, 2.75) is 59.3 Å². The molecule has 0 aliphatic rings. The van der Waals surface area contributed by atoms with Crippen LogP contribution in [0.1, 0.15) is 58.7 Å². The van der Waals surface area contributed by atoms with Gasteiger partial charge in [0.2, 0.25) is 5.89 Å². The summed E-state index contributed by atoms with van der Waals surface area (Å²) in [6.45, 7) is 11.7. The summed E-state index contributed by atoms with van der Waals surface area (Å²) >= 11 is 0. The molecule has 0 fully saturated rings. The van der Waals surface area contributed by atoms with Gasteiger partial charge in [0.05, 0.1) is 17.8 Å². The highest BCUT2D eigenvalue weighted by molar-refractivity contribution is 4.96. The molecule has 1 heterocycles. The molecule has 98 valence electrons. The maximum absolute atomic E-state index is 5.64. The Bertz CT molecular complexity index is 328. The smallest absolute Gasteiger partial charge is 0.211 e. The van der Waals surface area contributed by atoms with E-state index in [1.807, 2.05) is 20.8 Å². The molecule has 0 aromatic carbocycles. The Hall–Kier alpha value is -0.870. The third-order valence-electron chi connectivity index (χ3n) is 2.29. The standard InChI is InChI=1S/C13H24N2O2/c1-6-7-14-10(2)12-15-8-11(17-12)9-16-13(3,4)5/h8,10,14H,6-7,9H2,1-5H3. The SMILES string of the molecule is CCCNC(C)c1ncc(COC(C)(C)C)o1. The van der Waals surface area contributed by atoms with Crippen molar-refractivity contribution in [3.63, 3.8) is 0 Å². The Morgan fingerprint density at radius 3 is 2.76 bits per heavy atom. The van der Waals surface area contributed by atoms with Gasteiger partial charge < -0.3 is 14.5 Å². The first-order chi connectivity index (χ1) is 7.92. The fraction of sp³-hybridized carbons (Fsp3) is 0.769. The van der Waals surface area contributed by atoms with Gasteiger partial charge in [-0.15, -0.1) is 0 Å². The molecule has 0 saturated carbocycles. The molecular weight excluding hydrogens is 216 g/mol. The molecule has 0 radical (unpaired) electrons. The van der Waals surface area contributed by atoms with Crippen LogP contribution in [0.4, 0.5) is 0 Å². The Labute approximate surface area is 104 Å². The van der Waals surface area contributed by atoms with E-state index in [1.165, 1.54) is 0 Å². The summed E-state index contributed by atoms with van der Waals surface area (Å²) in [5.74, 6) is 1.51. The fourth-order valence-electron chi connectivity index (χ4n) is 1.33. The molecule has 4 heteroatoms. The second-order valence-corrected chi connectivity index (χ2v) is 5.24. The summed E-state index contributed by atoms with van der Waals surface area (Å²) < 4.78 is 11.3. The average molecular weight is 240 g/mol. The first kappa shape index (κ1) is 14.2.